The van der Waals surface area contributed by atoms with Crippen LogP contribution in [0.5, 0.6) is 17.4 Å². The largest absolute Gasteiger partial charge is 0.490 e. The van der Waals surface area contributed by atoms with Crippen LogP contribution in [0, 0.1) is 0 Å². The monoisotopic (exact) mass is 477 g/mol. The van der Waals surface area contributed by atoms with Crippen LogP contribution in [-0.2, 0) is 0 Å². The van der Waals surface area contributed by atoms with Crippen molar-refractivity contribution in [1.29, 1.82) is 0 Å². The van der Waals surface area contributed by atoms with Gasteiger partial charge in [-0.25, -0.2) is 9.97 Å². The van der Waals surface area contributed by atoms with Gasteiger partial charge in [-0.05, 0) is 36.4 Å². The van der Waals surface area contributed by atoms with Gasteiger partial charge in [0.15, 0.2) is 0 Å². The number of primary amides is 1. The number of nitrogens with zero attached hydrogens (tertiary/aromatic N) is 2. The molecule has 7 nitrogen and oxygen atoms in total. The molecule has 0 atom stereocenters. The lowest BCUT2D eigenvalue weighted by Crippen LogP contribution is -2.14. The molecule has 13 heteroatoms. The number of benzene rings is 2. The lowest BCUT2D eigenvalue weighted by molar-refractivity contribution is 0.0994. The van der Waals surface area contributed by atoms with Gasteiger partial charge in [-0.15, -0.1) is 0 Å². The van der Waals surface area contributed by atoms with Crippen molar-refractivity contribution in [1.82, 2.24) is 9.97 Å². The molecule has 0 unspecified atom stereocenters. The normalized spacial score (nSPS) is 13.7. The van der Waals surface area contributed by atoms with Crippen molar-refractivity contribution in [2.45, 2.75) is 4.90 Å². The highest BCUT2D eigenvalue weighted by Gasteiger charge is 2.65. The molecule has 1 heterocycles. The van der Waals surface area contributed by atoms with Gasteiger partial charge in [0.25, 0.3) is 5.91 Å². The fraction of sp³-hybridized carbons (Fsp3) is 0.105. The summed E-state index contributed by atoms with van der Waals surface area (Å²) in [4.78, 5) is 17.6. The Morgan fingerprint density at radius 2 is 1.66 bits per heavy atom. The number of aliphatic hydroxyl groups excluding tert-OH is 1. The fourth-order valence-electron chi connectivity index (χ4n) is 2.62. The lowest BCUT2D eigenvalue weighted by atomic mass is 10.1. The minimum atomic E-state index is -9.81. The van der Waals surface area contributed by atoms with Gasteiger partial charge in [-0.2, -0.15) is 0 Å². The van der Waals surface area contributed by atoms with Gasteiger partial charge in [0.05, 0.1) is 12.2 Å². The zero-order valence-electron chi connectivity index (χ0n) is 16.1. The third kappa shape index (κ3) is 5.42. The van der Waals surface area contributed by atoms with E-state index >= 15 is 0 Å². The maximum Gasteiger partial charge on any atom is 0.310 e. The average molecular weight is 477 g/mol. The van der Waals surface area contributed by atoms with Crippen molar-refractivity contribution in [3.8, 4) is 28.6 Å². The Hall–Kier alpha value is -3.45. The number of amides is 1. The van der Waals surface area contributed by atoms with Gasteiger partial charge in [0.2, 0.25) is 5.88 Å². The molecule has 0 saturated heterocycles. The number of rotatable bonds is 8. The van der Waals surface area contributed by atoms with Crippen LogP contribution < -0.4 is 15.2 Å². The van der Waals surface area contributed by atoms with E-state index in [9.17, 15) is 24.2 Å². The van der Waals surface area contributed by atoms with Crippen molar-refractivity contribution in [3.63, 3.8) is 0 Å². The zero-order chi connectivity index (χ0) is 23.6. The third-order valence-electron chi connectivity index (χ3n) is 4.02. The molecule has 0 spiro atoms. The molecule has 0 aliphatic carbocycles. The van der Waals surface area contributed by atoms with E-state index in [0.717, 1.165) is 12.1 Å². The summed E-state index contributed by atoms with van der Waals surface area (Å²) in [6, 6.07) is 6.11. The summed E-state index contributed by atoms with van der Waals surface area (Å²) < 4.78 is 75.2. The van der Waals surface area contributed by atoms with Crippen LogP contribution in [-0.4, -0.2) is 34.2 Å². The third-order valence-corrected chi connectivity index (χ3v) is 5.18. The maximum absolute atomic E-state index is 12.9. The molecule has 3 rings (SSSR count). The van der Waals surface area contributed by atoms with E-state index < -0.39 is 21.0 Å². The van der Waals surface area contributed by atoms with Crippen LogP contribution in [0.15, 0.2) is 59.8 Å². The molecule has 0 bridgehead atoms. The van der Waals surface area contributed by atoms with Crippen LogP contribution in [0.25, 0.3) is 11.3 Å². The Morgan fingerprint density at radius 3 is 2.25 bits per heavy atom. The number of carbonyl (C=O) groups excluding carboxylic acids is 1. The number of hydrogen-bond donors (Lipinski definition) is 2. The zero-order valence-corrected chi connectivity index (χ0v) is 16.9. The Balaban J connectivity index is 1.96. The number of ether oxygens (including phenoxy) is 2. The van der Waals surface area contributed by atoms with Crippen LogP contribution in [0.3, 0.4) is 0 Å². The lowest BCUT2D eigenvalue weighted by Gasteiger charge is -2.40. The van der Waals surface area contributed by atoms with E-state index in [1.165, 1.54) is 30.6 Å². The topological polar surface area (TPSA) is 108 Å². The number of hydrogen-bond acceptors (Lipinski definition) is 6. The SMILES string of the molecule is NC(=O)c1ccc(-c2nccnc2Oc2ccc(S(F)(F)(F)(F)F)cc2)cc1OCCO. The highest BCUT2D eigenvalue weighted by atomic mass is 32.5. The number of halogens is 5. The first kappa shape index (κ1) is 23.2. The van der Waals surface area contributed by atoms with E-state index in [2.05, 4.69) is 9.97 Å². The summed E-state index contributed by atoms with van der Waals surface area (Å²) in [5.41, 5.74) is 5.81. The van der Waals surface area contributed by atoms with Crippen molar-refractivity contribution in [3.05, 3.63) is 60.4 Å². The molecule has 32 heavy (non-hydrogen) atoms. The van der Waals surface area contributed by atoms with E-state index in [1.807, 2.05) is 0 Å². The molecule has 0 aliphatic rings. The molecule has 1 aromatic heterocycles. The van der Waals surface area contributed by atoms with Gasteiger partial charge in [-0.3, -0.25) is 4.79 Å². The molecule has 0 aliphatic heterocycles. The van der Waals surface area contributed by atoms with E-state index in [0.29, 0.717) is 5.56 Å². The summed E-state index contributed by atoms with van der Waals surface area (Å²) in [7, 11) is -9.81. The van der Waals surface area contributed by atoms with E-state index in [4.69, 9.17) is 20.3 Å². The molecule has 0 saturated carbocycles. The summed E-state index contributed by atoms with van der Waals surface area (Å²) in [5, 5.41) is 8.95. The quantitative estimate of drug-likeness (QED) is 0.439. The van der Waals surface area contributed by atoms with Crippen LogP contribution in [0.2, 0.25) is 0 Å². The Kier molecular flexibility index (Phi) is 5.51. The predicted octanol–water partition coefficient (Wildman–Crippen LogP) is 5.06. The van der Waals surface area contributed by atoms with E-state index in [1.54, 1.807) is 0 Å². The second kappa shape index (κ2) is 7.60. The maximum atomic E-state index is 12.9. The van der Waals surface area contributed by atoms with Crippen molar-refractivity contribution in [2.75, 3.05) is 13.2 Å². The number of aromatic nitrogens is 2. The van der Waals surface area contributed by atoms with Gasteiger partial charge in [0, 0.05) is 18.0 Å². The predicted molar refractivity (Wildman–Crippen MR) is 106 cm³/mol. The smallest absolute Gasteiger partial charge is 0.310 e. The van der Waals surface area contributed by atoms with E-state index in [-0.39, 0.29) is 54.0 Å². The van der Waals surface area contributed by atoms with Crippen molar-refractivity contribution in [2.24, 2.45) is 5.73 Å². The molecule has 172 valence electrons. The second-order valence-electron chi connectivity index (χ2n) is 6.40. The molecule has 3 aromatic rings. The Morgan fingerprint density at radius 1 is 1.00 bits per heavy atom. The van der Waals surface area contributed by atoms with Crippen LogP contribution in [0.4, 0.5) is 19.4 Å². The first-order valence-corrected chi connectivity index (χ1v) is 10.7. The molecule has 1 amide bonds. The first-order chi connectivity index (χ1) is 14.8. The summed E-state index contributed by atoms with van der Waals surface area (Å²) in [6.07, 6.45) is 2.57. The number of carbonyl (C=O) groups is 1. The molecule has 2 aromatic carbocycles. The molecule has 0 fully saturated rings. The summed E-state index contributed by atoms with van der Waals surface area (Å²) >= 11 is 0. The van der Waals surface area contributed by atoms with Gasteiger partial charge in [-0.1, -0.05) is 25.5 Å². The Bertz CT molecular complexity index is 1160. The fourth-order valence-corrected chi connectivity index (χ4v) is 3.27. The van der Waals surface area contributed by atoms with Crippen LogP contribution in [0.1, 0.15) is 10.4 Å². The van der Waals surface area contributed by atoms with Crippen molar-refractivity contribution >= 4 is 16.1 Å². The minimum Gasteiger partial charge on any atom is -0.490 e. The summed E-state index contributed by atoms with van der Waals surface area (Å²) in [5.74, 6) is -1.06. The minimum absolute atomic E-state index is 0.0418. The standard InChI is InChI=1S/C19H16F5N3O4S/c20-32(21,22,23,24)14-4-2-13(3-5-14)31-19-17(26-7-8-27-19)12-1-6-15(18(25)29)16(11-12)30-10-9-28/h1-8,11,28H,9-10H2,(H2,25,29). The average Bonchev–Trinajstić information content (AvgIpc) is 2.71. The van der Waals surface area contributed by atoms with Crippen molar-refractivity contribution < 1.29 is 38.8 Å². The molecular formula is C19H16F5N3O4S. The Labute approximate surface area is 178 Å². The molecular weight excluding hydrogens is 461 g/mol. The highest BCUT2D eigenvalue weighted by Crippen LogP contribution is 3.02. The van der Waals surface area contributed by atoms with Gasteiger partial charge in [0.1, 0.15) is 28.7 Å². The van der Waals surface area contributed by atoms with Crippen LogP contribution >= 0.6 is 10.2 Å². The highest BCUT2D eigenvalue weighted by molar-refractivity contribution is 8.45. The number of aliphatic hydroxyl groups is 1. The number of nitrogens with two attached hydrogens (primary N) is 1. The second-order valence-corrected chi connectivity index (χ2v) is 8.81. The summed E-state index contributed by atoms with van der Waals surface area (Å²) in [6.45, 7) is -0.442. The molecule has 0 radical (unpaired) electrons. The van der Waals surface area contributed by atoms with Gasteiger partial charge >= 0.3 is 10.2 Å². The molecule has 3 N–H and O–H groups in total. The first-order valence-electron chi connectivity index (χ1n) is 8.79. The van der Waals surface area contributed by atoms with Gasteiger partial charge < -0.3 is 20.3 Å².